The topological polar surface area (TPSA) is 81.7 Å². The molecule has 0 bridgehead atoms. The Morgan fingerprint density at radius 3 is 2.04 bits per heavy atom. The predicted molar refractivity (Wildman–Crippen MR) is 94.6 cm³/mol. The highest BCUT2D eigenvalue weighted by molar-refractivity contribution is 7.91. The van der Waals surface area contributed by atoms with Crippen molar-refractivity contribution in [2.75, 3.05) is 18.6 Å². The van der Waals surface area contributed by atoms with Gasteiger partial charge in [0, 0.05) is 6.04 Å². The van der Waals surface area contributed by atoms with Crippen molar-refractivity contribution in [2.45, 2.75) is 12.5 Å². The Bertz CT molecular complexity index is 844. The Hall–Kier alpha value is -2.54. The lowest BCUT2D eigenvalue weighted by atomic mass is 10.1. The number of sulfone groups is 1. The van der Waals surface area contributed by atoms with Crippen LogP contribution in [0.25, 0.3) is 11.1 Å². The molecule has 1 amide bonds. The van der Waals surface area contributed by atoms with Gasteiger partial charge < -0.3 is 14.8 Å². The lowest BCUT2D eigenvalue weighted by Gasteiger charge is -2.11. The molecular weight excluding hydrogens is 342 g/mol. The zero-order valence-corrected chi connectivity index (χ0v) is 14.6. The number of ether oxygens (including phenoxy) is 2. The van der Waals surface area contributed by atoms with Gasteiger partial charge in [0.05, 0.1) is 18.6 Å². The third-order valence-corrected chi connectivity index (χ3v) is 5.81. The summed E-state index contributed by atoms with van der Waals surface area (Å²) in [4.78, 5) is 11.9. The van der Waals surface area contributed by atoms with Gasteiger partial charge in [-0.25, -0.2) is 13.2 Å². The van der Waals surface area contributed by atoms with E-state index in [9.17, 15) is 13.2 Å². The molecule has 1 aliphatic heterocycles. The fourth-order valence-corrected chi connectivity index (χ4v) is 4.38. The second kappa shape index (κ2) is 7.14. The molecule has 1 atom stereocenters. The maximum Gasteiger partial charge on any atom is 0.412 e. The van der Waals surface area contributed by atoms with Gasteiger partial charge in [0.1, 0.15) is 11.5 Å². The van der Waals surface area contributed by atoms with E-state index in [2.05, 4.69) is 5.32 Å². The first-order chi connectivity index (χ1) is 11.9. The van der Waals surface area contributed by atoms with Crippen molar-refractivity contribution in [3.63, 3.8) is 0 Å². The van der Waals surface area contributed by atoms with Crippen LogP contribution < -0.4 is 14.8 Å². The Balaban J connectivity index is 1.59. The average molecular weight is 361 g/mol. The number of hydrogen-bond donors (Lipinski definition) is 1. The number of hydrogen-bond acceptors (Lipinski definition) is 5. The summed E-state index contributed by atoms with van der Waals surface area (Å²) < 4.78 is 33.1. The summed E-state index contributed by atoms with van der Waals surface area (Å²) in [5.41, 5.74) is 2.00. The molecule has 1 heterocycles. The molecule has 1 N–H and O–H groups in total. The highest BCUT2D eigenvalue weighted by Crippen LogP contribution is 2.24. The summed E-state index contributed by atoms with van der Waals surface area (Å²) in [6.07, 6.45) is -0.215. The normalized spacial score (nSPS) is 18.5. The Morgan fingerprint density at radius 2 is 1.56 bits per heavy atom. The highest BCUT2D eigenvalue weighted by atomic mass is 32.2. The third-order valence-electron chi connectivity index (χ3n) is 4.04. The van der Waals surface area contributed by atoms with Gasteiger partial charge in [-0.2, -0.15) is 0 Å². The van der Waals surface area contributed by atoms with Crippen molar-refractivity contribution in [3.8, 4) is 22.6 Å². The van der Waals surface area contributed by atoms with Crippen LogP contribution in [0.1, 0.15) is 6.42 Å². The number of methoxy groups -OCH3 is 1. The molecule has 3 rings (SSSR count). The maximum atomic E-state index is 11.9. The van der Waals surface area contributed by atoms with E-state index in [1.807, 2.05) is 36.4 Å². The van der Waals surface area contributed by atoms with Crippen molar-refractivity contribution in [3.05, 3.63) is 48.5 Å². The molecule has 0 unspecified atom stereocenters. The van der Waals surface area contributed by atoms with E-state index in [4.69, 9.17) is 9.47 Å². The molecule has 25 heavy (non-hydrogen) atoms. The minimum absolute atomic E-state index is 0.0293. The number of carbonyl (C=O) groups excluding carboxylic acids is 1. The number of benzene rings is 2. The standard InChI is InChI=1S/C18H19NO5S/c1-23-16-6-2-13(3-7-16)14-4-8-17(9-5-14)24-18(20)19-15-10-11-25(21,22)12-15/h2-9,15H,10-12H2,1H3,(H,19,20)/t15-/m0/s1. The first-order valence-electron chi connectivity index (χ1n) is 7.88. The molecule has 0 spiro atoms. The summed E-state index contributed by atoms with van der Waals surface area (Å²) in [5.74, 6) is 1.26. The van der Waals surface area contributed by atoms with E-state index in [0.29, 0.717) is 12.2 Å². The van der Waals surface area contributed by atoms with E-state index in [1.165, 1.54) is 0 Å². The molecular formula is C18H19NO5S. The van der Waals surface area contributed by atoms with Gasteiger partial charge in [-0.1, -0.05) is 24.3 Å². The van der Waals surface area contributed by atoms with Crippen molar-refractivity contribution in [1.82, 2.24) is 5.32 Å². The van der Waals surface area contributed by atoms with Gasteiger partial charge in [-0.05, 0) is 41.8 Å². The number of carbonyl (C=O) groups is 1. The Morgan fingerprint density at radius 1 is 1.00 bits per heavy atom. The number of rotatable bonds is 4. The average Bonchev–Trinajstić information content (AvgIpc) is 2.94. The minimum Gasteiger partial charge on any atom is -0.497 e. The fraction of sp³-hybridized carbons (Fsp3) is 0.278. The van der Waals surface area contributed by atoms with Crippen LogP contribution in [0.15, 0.2) is 48.5 Å². The predicted octanol–water partition coefficient (Wildman–Crippen LogP) is 2.64. The molecule has 2 aromatic carbocycles. The van der Waals surface area contributed by atoms with E-state index >= 15 is 0 Å². The van der Waals surface area contributed by atoms with Crippen LogP contribution in [0.5, 0.6) is 11.5 Å². The largest absolute Gasteiger partial charge is 0.497 e. The van der Waals surface area contributed by atoms with Crippen LogP contribution in [-0.2, 0) is 9.84 Å². The van der Waals surface area contributed by atoms with Crippen LogP contribution in [0.4, 0.5) is 4.79 Å². The van der Waals surface area contributed by atoms with Crippen molar-refractivity contribution >= 4 is 15.9 Å². The van der Waals surface area contributed by atoms with Gasteiger partial charge >= 0.3 is 6.09 Å². The van der Waals surface area contributed by atoms with Crippen LogP contribution in [-0.4, -0.2) is 39.2 Å². The van der Waals surface area contributed by atoms with Crippen LogP contribution in [0, 0.1) is 0 Å². The van der Waals surface area contributed by atoms with Gasteiger partial charge in [-0.15, -0.1) is 0 Å². The second-order valence-corrected chi connectivity index (χ2v) is 8.12. The SMILES string of the molecule is COc1ccc(-c2ccc(OC(=O)N[C@H]3CCS(=O)(=O)C3)cc2)cc1. The summed E-state index contributed by atoms with van der Waals surface area (Å²) in [5, 5.41) is 2.59. The highest BCUT2D eigenvalue weighted by Gasteiger charge is 2.29. The quantitative estimate of drug-likeness (QED) is 0.905. The van der Waals surface area contributed by atoms with E-state index in [0.717, 1.165) is 16.9 Å². The monoisotopic (exact) mass is 361 g/mol. The zero-order chi connectivity index (χ0) is 17.9. The Kier molecular flexibility index (Phi) is 4.94. The van der Waals surface area contributed by atoms with Gasteiger partial charge in [0.15, 0.2) is 9.84 Å². The first kappa shape index (κ1) is 17.3. The Labute approximate surface area is 146 Å². The van der Waals surface area contributed by atoms with Gasteiger partial charge in [-0.3, -0.25) is 0 Å². The summed E-state index contributed by atoms with van der Waals surface area (Å²) in [6, 6.07) is 14.4. The first-order valence-corrected chi connectivity index (χ1v) is 9.70. The van der Waals surface area contributed by atoms with Gasteiger partial charge in [0.2, 0.25) is 0 Å². The van der Waals surface area contributed by atoms with E-state index in [-0.39, 0.29) is 17.5 Å². The second-order valence-electron chi connectivity index (χ2n) is 5.89. The lowest BCUT2D eigenvalue weighted by molar-refractivity contribution is 0.197. The smallest absolute Gasteiger partial charge is 0.412 e. The lowest BCUT2D eigenvalue weighted by Crippen LogP contribution is -2.37. The molecule has 7 heteroatoms. The molecule has 0 aliphatic carbocycles. The number of nitrogens with one attached hydrogen (secondary N) is 1. The molecule has 0 radical (unpaired) electrons. The molecule has 0 saturated carbocycles. The molecule has 6 nitrogen and oxygen atoms in total. The van der Waals surface area contributed by atoms with Crippen molar-refractivity contribution in [1.29, 1.82) is 0 Å². The molecule has 0 aromatic heterocycles. The minimum atomic E-state index is -3.03. The molecule has 132 valence electrons. The van der Waals surface area contributed by atoms with Crippen LogP contribution in [0.3, 0.4) is 0 Å². The van der Waals surface area contributed by atoms with E-state index in [1.54, 1.807) is 19.2 Å². The summed E-state index contributed by atoms with van der Waals surface area (Å²) >= 11 is 0. The molecule has 1 fully saturated rings. The zero-order valence-electron chi connectivity index (χ0n) is 13.8. The fourth-order valence-electron chi connectivity index (χ4n) is 2.71. The molecule has 2 aromatic rings. The van der Waals surface area contributed by atoms with Crippen molar-refractivity contribution in [2.24, 2.45) is 0 Å². The maximum absolute atomic E-state index is 11.9. The third kappa shape index (κ3) is 4.51. The number of amides is 1. The van der Waals surface area contributed by atoms with Crippen LogP contribution >= 0.6 is 0 Å². The van der Waals surface area contributed by atoms with Gasteiger partial charge in [0.25, 0.3) is 0 Å². The van der Waals surface area contributed by atoms with Crippen LogP contribution in [0.2, 0.25) is 0 Å². The summed E-state index contributed by atoms with van der Waals surface area (Å²) in [7, 11) is -1.42. The molecule has 1 saturated heterocycles. The summed E-state index contributed by atoms with van der Waals surface area (Å²) in [6.45, 7) is 0. The molecule has 1 aliphatic rings. The van der Waals surface area contributed by atoms with E-state index < -0.39 is 15.9 Å². The van der Waals surface area contributed by atoms with Crippen molar-refractivity contribution < 1.29 is 22.7 Å².